The van der Waals surface area contributed by atoms with E-state index in [0.717, 1.165) is 17.7 Å². The van der Waals surface area contributed by atoms with Crippen LogP contribution in [0.25, 0.3) is 34.2 Å². The third kappa shape index (κ3) is 8.71. The molecule has 1 atom stereocenters. The van der Waals surface area contributed by atoms with Crippen LogP contribution < -0.4 is 10.6 Å². The van der Waals surface area contributed by atoms with E-state index in [9.17, 15) is 32.7 Å². The second kappa shape index (κ2) is 13.7. The second-order valence-corrected chi connectivity index (χ2v) is 12.1. The molecule has 2 aromatic heterocycles. The number of carbonyl (C=O) groups is 3. The van der Waals surface area contributed by atoms with Gasteiger partial charge in [-0.15, -0.1) is 0 Å². The first-order valence-corrected chi connectivity index (χ1v) is 14.9. The molecule has 2 heterocycles. The number of ether oxygens (including phenoxy) is 1. The number of hydrogen-bond donors (Lipinski definition) is 3. The Morgan fingerprint density at radius 1 is 0.898 bits per heavy atom. The van der Waals surface area contributed by atoms with Crippen LogP contribution in [0.3, 0.4) is 0 Å². The van der Waals surface area contributed by atoms with Gasteiger partial charge in [0.1, 0.15) is 17.4 Å². The van der Waals surface area contributed by atoms with Crippen LogP contribution in [0.2, 0.25) is 0 Å². The first kappa shape index (κ1) is 34.4. The van der Waals surface area contributed by atoms with Gasteiger partial charge in [0.2, 0.25) is 5.82 Å². The number of hydrogen-bond acceptors (Lipinski definition) is 8. The van der Waals surface area contributed by atoms with Gasteiger partial charge < -0.3 is 24.1 Å². The van der Waals surface area contributed by atoms with E-state index < -0.39 is 47.8 Å². The number of halogens is 3. The van der Waals surface area contributed by atoms with E-state index in [1.807, 2.05) is 19.1 Å². The number of carboxylic acids is 1. The van der Waals surface area contributed by atoms with Crippen molar-refractivity contribution in [3.05, 3.63) is 101 Å². The van der Waals surface area contributed by atoms with Crippen LogP contribution in [0, 0.1) is 6.92 Å². The zero-order valence-electron chi connectivity index (χ0n) is 26.7. The van der Waals surface area contributed by atoms with E-state index in [2.05, 4.69) is 20.8 Å². The van der Waals surface area contributed by atoms with Gasteiger partial charge in [-0.25, -0.2) is 9.59 Å². The lowest BCUT2D eigenvalue weighted by Gasteiger charge is -2.19. The third-order valence-corrected chi connectivity index (χ3v) is 7.07. The first-order valence-electron chi connectivity index (χ1n) is 14.9. The maximum Gasteiger partial charge on any atom is 0.416 e. The third-order valence-electron chi connectivity index (χ3n) is 7.07. The summed E-state index contributed by atoms with van der Waals surface area (Å²) in [6, 6.07) is 17.9. The molecule has 2 amide bonds. The van der Waals surface area contributed by atoms with Gasteiger partial charge in [0, 0.05) is 28.8 Å². The van der Waals surface area contributed by atoms with Gasteiger partial charge in [-0.1, -0.05) is 47.1 Å². The summed E-state index contributed by atoms with van der Waals surface area (Å²) < 4.78 is 58.8. The van der Waals surface area contributed by atoms with Gasteiger partial charge in [0.15, 0.2) is 5.76 Å². The Morgan fingerprint density at radius 2 is 1.55 bits per heavy atom. The number of rotatable bonds is 9. The number of amides is 2. The summed E-state index contributed by atoms with van der Waals surface area (Å²) in [6.07, 6.45) is -6.21. The predicted octanol–water partition coefficient (Wildman–Crippen LogP) is 7.76. The molecule has 0 spiro atoms. The molecule has 0 saturated heterocycles. The molecular weight excluding hydrogens is 645 g/mol. The fraction of sp³-hybridized carbons (Fsp3) is 0.229. The summed E-state index contributed by atoms with van der Waals surface area (Å²) in [4.78, 5) is 41.1. The van der Waals surface area contributed by atoms with Crippen molar-refractivity contribution >= 4 is 23.7 Å². The molecular formula is C35H31F3N4O7. The number of carbonyl (C=O) groups excluding carboxylic acids is 2. The molecule has 14 heteroatoms. The van der Waals surface area contributed by atoms with Crippen LogP contribution in [-0.2, 0) is 22.1 Å². The minimum Gasteiger partial charge on any atom is -0.480 e. The summed E-state index contributed by atoms with van der Waals surface area (Å²) in [6.45, 7) is 7.09. The van der Waals surface area contributed by atoms with Gasteiger partial charge in [0.05, 0.1) is 5.56 Å². The molecule has 11 nitrogen and oxygen atoms in total. The summed E-state index contributed by atoms with van der Waals surface area (Å²) in [5.41, 5.74) is 0.339. The molecule has 49 heavy (non-hydrogen) atoms. The Hall–Kier alpha value is -5.92. The van der Waals surface area contributed by atoms with Crippen molar-refractivity contribution in [3.63, 3.8) is 0 Å². The molecule has 254 valence electrons. The van der Waals surface area contributed by atoms with Gasteiger partial charge in [0.25, 0.3) is 11.8 Å². The summed E-state index contributed by atoms with van der Waals surface area (Å²) in [5.74, 6) is -2.41. The molecule has 0 bridgehead atoms. The van der Waals surface area contributed by atoms with Crippen molar-refractivity contribution in [2.45, 2.75) is 51.9 Å². The average Bonchev–Trinajstić information content (AvgIpc) is 3.71. The Kier molecular flexibility index (Phi) is 9.60. The number of alkyl halides is 3. The van der Waals surface area contributed by atoms with Crippen molar-refractivity contribution in [3.8, 4) is 34.2 Å². The van der Waals surface area contributed by atoms with Crippen molar-refractivity contribution < 1.29 is 46.3 Å². The van der Waals surface area contributed by atoms with Crippen molar-refractivity contribution in [2.24, 2.45) is 0 Å². The van der Waals surface area contributed by atoms with E-state index in [0.29, 0.717) is 22.6 Å². The van der Waals surface area contributed by atoms with Crippen molar-refractivity contribution in [1.82, 2.24) is 15.5 Å². The highest BCUT2D eigenvalue weighted by molar-refractivity contribution is 5.95. The van der Waals surface area contributed by atoms with Crippen molar-refractivity contribution in [2.75, 3.05) is 5.32 Å². The van der Waals surface area contributed by atoms with Crippen LogP contribution in [0.1, 0.15) is 48.0 Å². The van der Waals surface area contributed by atoms with E-state index in [-0.39, 0.29) is 28.6 Å². The first-order chi connectivity index (χ1) is 23.1. The summed E-state index contributed by atoms with van der Waals surface area (Å²) in [5, 5.41) is 18.4. The minimum absolute atomic E-state index is 0.00793. The average molecular weight is 677 g/mol. The van der Waals surface area contributed by atoms with Crippen LogP contribution in [0.4, 0.5) is 23.7 Å². The molecule has 1 unspecified atom stereocenters. The van der Waals surface area contributed by atoms with Crippen LogP contribution in [-0.4, -0.2) is 44.9 Å². The smallest absolute Gasteiger partial charge is 0.416 e. The van der Waals surface area contributed by atoms with Crippen LogP contribution in [0.5, 0.6) is 0 Å². The Morgan fingerprint density at radius 3 is 2.18 bits per heavy atom. The maximum absolute atomic E-state index is 14.2. The molecule has 0 radical (unpaired) electrons. The monoisotopic (exact) mass is 676 g/mol. The topological polar surface area (TPSA) is 157 Å². The number of anilines is 1. The maximum atomic E-state index is 14.2. The van der Waals surface area contributed by atoms with E-state index in [1.54, 1.807) is 57.2 Å². The highest BCUT2D eigenvalue weighted by atomic mass is 19.4. The molecule has 3 N–H and O–H groups in total. The number of nitrogens with zero attached hydrogens (tertiary/aromatic N) is 2. The van der Waals surface area contributed by atoms with Crippen molar-refractivity contribution in [1.29, 1.82) is 0 Å². The summed E-state index contributed by atoms with van der Waals surface area (Å²) in [7, 11) is 0. The number of aliphatic carboxylic acids is 1. The molecule has 0 fully saturated rings. The zero-order valence-corrected chi connectivity index (χ0v) is 26.7. The number of aryl methyl sites for hydroxylation is 1. The number of aromatic nitrogens is 2. The lowest BCUT2D eigenvalue weighted by molar-refractivity contribution is -0.141. The largest absolute Gasteiger partial charge is 0.480 e. The van der Waals surface area contributed by atoms with E-state index >= 15 is 0 Å². The number of carboxylic acid groups (broad SMARTS) is 1. The zero-order chi connectivity index (χ0) is 35.5. The predicted molar refractivity (Wildman–Crippen MR) is 172 cm³/mol. The Balaban J connectivity index is 1.31. The lowest BCUT2D eigenvalue weighted by Crippen LogP contribution is -2.42. The van der Waals surface area contributed by atoms with E-state index in [1.165, 1.54) is 18.2 Å². The van der Waals surface area contributed by atoms with Gasteiger partial charge in [-0.05, 0) is 75.7 Å². The van der Waals surface area contributed by atoms with E-state index in [4.69, 9.17) is 13.7 Å². The standard InChI is InChI=1S/C35H31F3N4O7/c1-19-5-7-20(8-6-19)27-15-16-28(47-27)30(43)40-26(32(44)45)18-22-9-10-23(17-25(22)35(36,37)38)29-41-31(49-42-29)21-11-13-24(14-12-21)39-33(46)48-34(2,3)4/h5-17,26H,18H2,1-4H3,(H,39,46)(H,40,43)(H,44,45). The highest BCUT2D eigenvalue weighted by Crippen LogP contribution is 2.36. The fourth-order valence-electron chi connectivity index (χ4n) is 4.72. The number of benzene rings is 3. The van der Waals surface area contributed by atoms with Crippen LogP contribution >= 0.6 is 0 Å². The second-order valence-electron chi connectivity index (χ2n) is 12.1. The molecule has 0 aliphatic carbocycles. The SMILES string of the molecule is Cc1ccc(-c2ccc(C(=O)NC(Cc3ccc(-c4noc(-c5ccc(NC(=O)OC(C)(C)C)cc5)n4)cc3C(F)(F)F)C(=O)O)o2)cc1. The minimum atomic E-state index is -4.88. The van der Waals surface area contributed by atoms with Gasteiger partial charge >= 0.3 is 18.2 Å². The van der Waals surface area contributed by atoms with Gasteiger partial charge in [-0.2, -0.15) is 18.2 Å². The Bertz CT molecular complexity index is 1980. The molecule has 5 aromatic rings. The highest BCUT2D eigenvalue weighted by Gasteiger charge is 2.36. The molecule has 3 aromatic carbocycles. The summed E-state index contributed by atoms with van der Waals surface area (Å²) >= 11 is 0. The van der Waals surface area contributed by atoms with Crippen LogP contribution in [0.15, 0.2) is 87.8 Å². The molecule has 0 aliphatic rings. The normalized spacial score (nSPS) is 12.3. The number of nitrogens with one attached hydrogen (secondary N) is 2. The molecule has 0 saturated carbocycles. The molecule has 5 rings (SSSR count). The fourth-order valence-corrected chi connectivity index (χ4v) is 4.72. The lowest BCUT2D eigenvalue weighted by atomic mass is 9.97. The quantitative estimate of drug-likeness (QED) is 0.142. The Labute approximate surface area is 278 Å². The number of furan rings is 1. The molecule has 0 aliphatic heterocycles. The van der Waals surface area contributed by atoms with Gasteiger partial charge in [-0.3, -0.25) is 10.1 Å².